The summed E-state index contributed by atoms with van der Waals surface area (Å²) in [6.45, 7) is 4.79. The van der Waals surface area contributed by atoms with Crippen molar-refractivity contribution in [2.75, 3.05) is 26.2 Å². The van der Waals surface area contributed by atoms with Crippen LogP contribution in [0, 0.1) is 5.92 Å². The maximum Gasteiger partial charge on any atom is 0.121 e. The zero-order chi connectivity index (χ0) is 16.9. The van der Waals surface area contributed by atoms with Crippen LogP contribution in [-0.2, 0) is 13.0 Å². The summed E-state index contributed by atoms with van der Waals surface area (Å²) in [7, 11) is 0. The third kappa shape index (κ3) is 4.26. The summed E-state index contributed by atoms with van der Waals surface area (Å²) >= 11 is 0. The summed E-state index contributed by atoms with van der Waals surface area (Å²) in [6, 6.07) is 17.0. The van der Waals surface area contributed by atoms with E-state index in [-0.39, 0.29) is 0 Å². The van der Waals surface area contributed by atoms with Crippen molar-refractivity contribution >= 4 is 5.69 Å². The molecule has 4 nitrogen and oxygen atoms in total. The summed E-state index contributed by atoms with van der Waals surface area (Å²) in [4.78, 5) is 2.52. The molecule has 2 aliphatic heterocycles. The van der Waals surface area contributed by atoms with E-state index in [1.807, 2.05) is 12.1 Å². The van der Waals surface area contributed by atoms with Crippen LogP contribution in [-0.4, -0.2) is 31.1 Å². The van der Waals surface area contributed by atoms with Crippen molar-refractivity contribution < 1.29 is 4.74 Å². The monoisotopic (exact) mass is 335 g/mol. The summed E-state index contributed by atoms with van der Waals surface area (Å²) < 4.78 is 5.91. The van der Waals surface area contributed by atoms with E-state index in [2.05, 4.69) is 51.5 Å². The third-order valence-corrected chi connectivity index (χ3v) is 5.23. The number of piperidine rings is 1. The van der Waals surface area contributed by atoms with E-state index in [9.17, 15) is 0 Å². The number of azo groups is 1. The molecule has 0 radical (unpaired) electrons. The van der Waals surface area contributed by atoms with Gasteiger partial charge < -0.3 is 4.74 Å². The Kier molecular flexibility index (Phi) is 5.07. The minimum atomic E-state index is 0.702. The average Bonchev–Trinajstić information content (AvgIpc) is 3.12. The number of hydrogen-bond acceptors (Lipinski definition) is 4. The van der Waals surface area contributed by atoms with Crippen LogP contribution in [0.5, 0.6) is 5.75 Å². The number of hydrogen-bond donors (Lipinski definition) is 0. The fourth-order valence-electron chi connectivity index (χ4n) is 3.70. The molecule has 25 heavy (non-hydrogen) atoms. The zero-order valence-electron chi connectivity index (χ0n) is 14.6. The Hall–Kier alpha value is -2.20. The Morgan fingerprint density at radius 1 is 1.04 bits per heavy atom. The summed E-state index contributed by atoms with van der Waals surface area (Å²) in [5.74, 6) is 1.72. The van der Waals surface area contributed by atoms with Gasteiger partial charge in [0.05, 0.1) is 12.2 Å². The molecule has 130 valence electrons. The molecule has 0 saturated carbocycles. The maximum atomic E-state index is 5.91. The smallest absolute Gasteiger partial charge is 0.121 e. The fourth-order valence-corrected chi connectivity index (χ4v) is 3.70. The number of ether oxygens (including phenoxy) is 1. The van der Waals surface area contributed by atoms with Gasteiger partial charge in [-0.2, -0.15) is 10.2 Å². The second kappa shape index (κ2) is 7.79. The van der Waals surface area contributed by atoms with Gasteiger partial charge in [0.2, 0.25) is 0 Å². The highest BCUT2D eigenvalue weighted by Crippen LogP contribution is 2.30. The van der Waals surface area contributed by atoms with Crippen LogP contribution in [0.15, 0.2) is 58.8 Å². The van der Waals surface area contributed by atoms with Gasteiger partial charge >= 0.3 is 0 Å². The van der Waals surface area contributed by atoms with Crippen LogP contribution >= 0.6 is 0 Å². The molecule has 0 spiro atoms. The second-order valence-corrected chi connectivity index (χ2v) is 7.01. The molecule has 1 fully saturated rings. The SMILES string of the molecule is c1ccc(CC2CCN(CCOc3ccc4c(c3)N=NC4)CC2)cc1. The molecule has 0 aliphatic carbocycles. The highest BCUT2D eigenvalue weighted by atomic mass is 16.5. The maximum absolute atomic E-state index is 5.91. The van der Waals surface area contributed by atoms with E-state index in [1.165, 1.54) is 43.5 Å². The lowest BCUT2D eigenvalue weighted by atomic mass is 9.90. The van der Waals surface area contributed by atoms with Gasteiger partial charge in [0.15, 0.2) is 0 Å². The van der Waals surface area contributed by atoms with Crippen molar-refractivity contribution in [1.82, 2.24) is 4.90 Å². The third-order valence-electron chi connectivity index (χ3n) is 5.23. The lowest BCUT2D eigenvalue weighted by molar-refractivity contribution is 0.155. The first-order chi connectivity index (χ1) is 12.4. The molecule has 1 saturated heterocycles. The highest BCUT2D eigenvalue weighted by Gasteiger charge is 2.19. The van der Waals surface area contributed by atoms with Crippen molar-refractivity contribution in [3.8, 4) is 5.75 Å². The standard InChI is InChI=1S/C21H25N3O/c1-2-4-17(5-3-1)14-18-8-10-24(11-9-18)12-13-25-20-7-6-19-16-22-23-21(19)15-20/h1-7,15,18H,8-14,16H2. The molecular formula is C21H25N3O. The molecule has 0 bridgehead atoms. The molecule has 0 aromatic heterocycles. The minimum Gasteiger partial charge on any atom is -0.492 e. The zero-order valence-corrected chi connectivity index (χ0v) is 14.6. The number of rotatable bonds is 6. The second-order valence-electron chi connectivity index (χ2n) is 7.01. The topological polar surface area (TPSA) is 37.2 Å². The van der Waals surface area contributed by atoms with E-state index in [0.29, 0.717) is 6.54 Å². The fraction of sp³-hybridized carbons (Fsp3) is 0.429. The van der Waals surface area contributed by atoms with E-state index in [4.69, 9.17) is 4.74 Å². The van der Waals surface area contributed by atoms with Gasteiger partial charge in [-0.25, -0.2) is 0 Å². The van der Waals surface area contributed by atoms with Gasteiger partial charge in [-0.05, 0) is 49.9 Å². The van der Waals surface area contributed by atoms with Gasteiger partial charge in [-0.15, -0.1) is 0 Å². The first-order valence-electron chi connectivity index (χ1n) is 9.26. The molecule has 0 atom stereocenters. The van der Waals surface area contributed by atoms with Crippen LogP contribution in [0.3, 0.4) is 0 Å². The highest BCUT2D eigenvalue weighted by molar-refractivity contribution is 5.51. The normalized spacial score (nSPS) is 17.6. The van der Waals surface area contributed by atoms with Gasteiger partial charge in [-0.1, -0.05) is 36.4 Å². The van der Waals surface area contributed by atoms with Gasteiger partial charge in [0.25, 0.3) is 0 Å². The van der Waals surface area contributed by atoms with E-state index >= 15 is 0 Å². The van der Waals surface area contributed by atoms with Crippen LogP contribution in [0.25, 0.3) is 0 Å². The number of nitrogens with zero attached hydrogens (tertiary/aromatic N) is 3. The van der Waals surface area contributed by atoms with Gasteiger partial charge in [0, 0.05) is 18.2 Å². The Bertz CT molecular complexity index is 721. The van der Waals surface area contributed by atoms with E-state index < -0.39 is 0 Å². The predicted octanol–water partition coefficient (Wildman–Crippen LogP) is 4.62. The lowest BCUT2D eigenvalue weighted by Crippen LogP contribution is -2.37. The first kappa shape index (κ1) is 16.3. The van der Waals surface area contributed by atoms with E-state index in [0.717, 1.165) is 30.5 Å². The average molecular weight is 335 g/mol. The van der Waals surface area contributed by atoms with Crippen LogP contribution in [0.4, 0.5) is 5.69 Å². The lowest BCUT2D eigenvalue weighted by Gasteiger charge is -2.31. The quantitative estimate of drug-likeness (QED) is 0.772. The Morgan fingerprint density at radius 3 is 2.72 bits per heavy atom. The Balaban J connectivity index is 1.18. The minimum absolute atomic E-state index is 0.702. The summed E-state index contributed by atoms with van der Waals surface area (Å²) in [5.41, 5.74) is 3.62. The van der Waals surface area contributed by atoms with Crippen molar-refractivity contribution in [3.63, 3.8) is 0 Å². The first-order valence-corrected chi connectivity index (χ1v) is 9.26. The molecule has 2 aliphatic rings. The molecule has 4 rings (SSSR count). The van der Waals surface area contributed by atoms with Crippen molar-refractivity contribution in [2.24, 2.45) is 16.1 Å². The largest absolute Gasteiger partial charge is 0.492 e. The van der Waals surface area contributed by atoms with Crippen molar-refractivity contribution in [2.45, 2.75) is 25.8 Å². The van der Waals surface area contributed by atoms with Crippen LogP contribution in [0.2, 0.25) is 0 Å². The molecule has 2 aromatic rings. The van der Waals surface area contributed by atoms with Gasteiger partial charge in [-0.3, -0.25) is 4.90 Å². The molecule has 2 heterocycles. The number of benzene rings is 2. The Labute approximate surface area is 149 Å². The molecule has 0 amide bonds. The van der Waals surface area contributed by atoms with Crippen LogP contribution < -0.4 is 4.74 Å². The van der Waals surface area contributed by atoms with Crippen molar-refractivity contribution in [1.29, 1.82) is 0 Å². The van der Waals surface area contributed by atoms with E-state index in [1.54, 1.807) is 0 Å². The molecular weight excluding hydrogens is 310 g/mol. The Morgan fingerprint density at radius 2 is 1.88 bits per heavy atom. The summed E-state index contributed by atoms with van der Waals surface area (Å²) in [6.07, 6.45) is 3.79. The number of likely N-dealkylation sites (tertiary alicyclic amines) is 1. The molecule has 0 N–H and O–H groups in total. The predicted molar refractivity (Wildman–Crippen MR) is 99.5 cm³/mol. The molecule has 2 aromatic carbocycles. The molecule has 0 unspecified atom stereocenters. The molecule has 4 heteroatoms. The van der Waals surface area contributed by atoms with Crippen LogP contribution in [0.1, 0.15) is 24.0 Å². The van der Waals surface area contributed by atoms with Gasteiger partial charge in [0.1, 0.15) is 12.4 Å². The summed E-state index contributed by atoms with van der Waals surface area (Å²) in [5, 5.41) is 8.18. The van der Waals surface area contributed by atoms with Crippen molar-refractivity contribution in [3.05, 3.63) is 59.7 Å². The number of fused-ring (bicyclic) bond motifs is 1.